The molecule has 0 aliphatic rings. The van der Waals surface area contributed by atoms with Crippen molar-refractivity contribution in [2.45, 2.75) is 6.18 Å². The maximum atomic E-state index is 12.7. The van der Waals surface area contributed by atoms with Crippen LogP contribution in [0.1, 0.15) is 5.56 Å². The number of anilines is 1. The average Bonchev–Trinajstić information content (AvgIpc) is 2.92. The van der Waals surface area contributed by atoms with E-state index in [1.807, 2.05) is 11.4 Å². The lowest BCUT2D eigenvalue weighted by Crippen LogP contribution is -2.04. The number of imidazole rings is 1. The van der Waals surface area contributed by atoms with Gasteiger partial charge in [-0.1, -0.05) is 0 Å². The summed E-state index contributed by atoms with van der Waals surface area (Å²) in [7, 11) is 1.76. The lowest BCUT2D eigenvalue weighted by Gasteiger charge is -2.05. The van der Waals surface area contributed by atoms with Gasteiger partial charge in [0.25, 0.3) is 0 Å². The number of benzene rings is 1. The second kappa shape index (κ2) is 4.24. The van der Waals surface area contributed by atoms with Gasteiger partial charge in [-0.3, -0.25) is 0 Å². The van der Waals surface area contributed by atoms with E-state index in [0.717, 1.165) is 17.7 Å². The van der Waals surface area contributed by atoms with Crippen LogP contribution in [0, 0.1) is 0 Å². The van der Waals surface area contributed by atoms with Gasteiger partial charge in [-0.2, -0.15) is 13.2 Å². The third-order valence-corrected chi connectivity index (χ3v) is 3.89. The second-order valence-electron chi connectivity index (χ2n) is 4.39. The van der Waals surface area contributed by atoms with Gasteiger partial charge in [0.15, 0.2) is 0 Å². The van der Waals surface area contributed by atoms with Crippen LogP contribution in [0.3, 0.4) is 0 Å². The highest BCUT2D eigenvalue weighted by molar-refractivity contribution is 7.14. The Bertz CT molecular complexity index is 786. The molecule has 0 saturated heterocycles. The summed E-state index contributed by atoms with van der Waals surface area (Å²) >= 11 is 1.37. The standard InChI is InChI=1S/C13H10F3N3S/c1-19-10-3-2-7(13(14,15)16)6-9(10)18-12(19)8-4-5-20-11(8)17/h2-6H,17H2,1H3. The number of aryl methyl sites for hydroxylation is 1. The molecule has 1 aromatic carbocycles. The number of hydrogen-bond donors (Lipinski definition) is 1. The summed E-state index contributed by atoms with van der Waals surface area (Å²) in [6, 6.07) is 5.36. The normalized spacial score (nSPS) is 12.2. The first-order valence-corrected chi connectivity index (χ1v) is 6.63. The number of alkyl halides is 3. The number of thiophene rings is 1. The molecule has 0 aliphatic heterocycles. The fraction of sp³-hybridized carbons (Fsp3) is 0.154. The molecule has 3 rings (SSSR count). The number of rotatable bonds is 1. The van der Waals surface area contributed by atoms with Crippen LogP contribution in [-0.4, -0.2) is 9.55 Å². The SMILES string of the molecule is Cn1c(-c2ccsc2N)nc2cc(C(F)(F)F)ccc21. The molecular weight excluding hydrogens is 287 g/mol. The van der Waals surface area contributed by atoms with Crippen molar-refractivity contribution in [3.63, 3.8) is 0 Å². The van der Waals surface area contributed by atoms with Crippen molar-refractivity contribution in [2.24, 2.45) is 7.05 Å². The Morgan fingerprint density at radius 2 is 2.00 bits per heavy atom. The minimum absolute atomic E-state index is 0.308. The smallest absolute Gasteiger partial charge is 0.390 e. The number of fused-ring (bicyclic) bond motifs is 1. The van der Waals surface area contributed by atoms with E-state index in [4.69, 9.17) is 5.73 Å². The van der Waals surface area contributed by atoms with Gasteiger partial charge < -0.3 is 10.3 Å². The van der Waals surface area contributed by atoms with Gasteiger partial charge in [-0.05, 0) is 29.6 Å². The Labute approximate surface area is 116 Å². The third kappa shape index (κ3) is 1.94. The first-order chi connectivity index (χ1) is 9.38. The fourth-order valence-corrected chi connectivity index (χ4v) is 2.76. The zero-order valence-electron chi connectivity index (χ0n) is 10.4. The Morgan fingerprint density at radius 3 is 2.60 bits per heavy atom. The van der Waals surface area contributed by atoms with Gasteiger partial charge in [-0.15, -0.1) is 11.3 Å². The zero-order chi connectivity index (χ0) is 14.5. The van der Waals surface area contributed by atoms with Gasteiger partial charge in [0.1, 0.15) is 5.82 Å². The van der Waals surface area contributed by atoms with Crippen LogP contribution in [0.2, 0.25) is 0 Å². The summed E-state index contributed by atoms with van der Waals surface area (Å²) in [5.74, 6) is 0.568. The molecule has 104 valence electrons. The lowest BCUT2D eigenvalue weighted by atomic mass is 10.2. The van der Waals surface area contributed by atoms with Crippen molar-refractivity contribution in [2.75, 3.05) is 5.73 Å². The molecule has 0 atom stereocenters. The van der Waals surface area contributed by atoms with E-state index in [0.29, 0.717) is 21.9 Å². The summed E-state index contributed by atoms with van der Waals surface area (Å²) in [5.41, 5.74) is 6.83. The van der Waals surface area contributed by atoms with Crippen LogP contribution in [0.15, 0.2) is 29.6 Å². The van der Waals surface area contributed by atoms with Crippen molar-refractivity contribution in [3.8, 4) is 11.4 Å². The number of halogens is 3. The summed E-state index contributed by atoms with van der Waals surface area (Å²) in [4.78, 5) is 4.28. The van der Waals surface area contributed by atoms with Crippen LogP contribution >= 0.6 is 11.3 Å². The molecular formula is C13H10F3N3S. The molecule has 0 saturated carbocycles. The molecule has 0 fully saturated rings. The summed E-state index contributed by atoms with van der Waals surface area (Å²) in [6.07, 6.45) is -4.37. The van der Waals surface area contributed by atoms with E-state index < -0.39 is 11.7 Å². The minimum atomic E-state index is -4.37. The summed E-state index contributed by atoms with van der Waals surface area (Å²) in [6.45, 7) is 0. The van der Waals surface area contributed by atoms with Crippen molar-refractivity contribution in [3.05, 3.63) is 35.2 Å². The van der Waals surface area contributed by atoms with E-state index in [1.165, 1.54) is 17.4 Å². The molecule has 2 heterocycles. The molecule has 3 nitrogen and oxygen atoms in total. The number of nitrogens with zero attached hydrogens (tertiary/aromatic N) is 2. The predicted octanol–water partition coefficient (Wildman–Crippen LogP) is 3.90. The lowest BCUT2D eigenvalue weighted by molar-refractivity contribution is -0.137. The minimum Gasteiger partial charge on any atom is -0.390 e. The Balaban J connectivity index is 2.22. The highest BCUT2D eigenvalue weighted by Crippen LogP contribution is 2.34. The maximum absolute atomic E-state index is 12.7. The van der Waals surface area contributed by atoms with Crippen molar-refractivity contribution in [1.29, 1.82) is 0 Å². The number of hydrogen-bond acceptors (Lipinski definition) is 3. The van der Waals surface area contributed by atoms with Gasteiger partial charge >= 0.3 is 6.18 Å². The molecule has 20 heavy (non-hydrogen) atoms. The van der Waals surface area contributed by atoms with Crippen molar-refractivity contribution < 1.29 is 13.2 Å². The zero-order valence-corrected chi connectivity index (χ0v) is 11.2. The maximum Gasteiger partial charge on any atom is 0.416 e. The average molecular weight is 297 g/mol. The number of aromatic nitrogens is 2. The van der Waals surface area contributed by atoms with Crippen LogP contribution in [0.4, 0.5) is 18.2 Å². The molecule has 0 spiro atoms. The number of nitrogen functional groups attached to an aromatic ring is 1. The van der Waals surface area contributed by atoms with Crippen molar-refractivity contribution >= 4 is 27.4 Å². The Hall–Kier alpha value is -2.02. The molecule has 2 aromatic heterocycles. The van der Waals surface area contributed by atoms with E-state index >= 15 is 0 Å². The second-order valence-corrected chi connectivity index (χ2v) is 5.34. The van der Waals surface area contributed by atoms with Crippen LogP contribution in [0.25, 0.3) is 22.4 Å². The first kappa shape index (κ1) is 13.0. The van der Waals surface area contributed by atoms with Crippen LogP contribution in [0.5, 0.6) is 0 Å². The summed E-state index contributed by atoms with van der Waals surface area (Å²) in [5, 5.41) is 2.42. The van der Waals surface area contributed by atoms with E-state index in [1.54, 1.807) is 11.6 Å². The van der Waals surface area contributed by atoms with Gasteiger partial charge in [-0.25, -0.2) is 4.98 Å². The van der Waals surface area contributed by atoms with Gasteiger partial charge in [0, 0.05) is 7.05 Å². The van der Waals surface area contributed by atoms with Gasteiger partial charge in [0.05, 0.1) is 27.2 Å². The van der Waals surface area contributed by atoms with Crippen LogP contribution < -0.4 is 5.73 Å². The third-order valence-electron chi connectivity index (χ3n) is 3.14. The van der Waals surface area contributed by atoms with Crippen LogP contribution in [-0.2, 0) is 13.2 Å². The molecule has 0 amide bonds. The molecule has 0 aliphatic carbocycles. The highest BCUT2D eigenvalue weighted by atomic mass is 32.1. The predicted molar refractivity (Wildman–Crippen MR) is 73.4 cm³/mol. The van der Waals surface area contributed by atoms with Crippen molar-refractivity contribution in [1.82, 2.24) is 9.55 Å². The Morgan fingerprint density at radius 1 is 1.25 bits per heavy atom. The molecule has 0 radical (unpaired) electrons. The molecule has 0 bridgehead atoms. The molecule has 3 aromatic rings. The Kier molecular flexibility index (Phi) is 2.75. The molecule has 0 unspecified atom stereocenters. The first-order valence-electron chi connectivity index (χ1n) is 5.75. The van der Waals surface area contributed by atoms with E-state index in [-0.39, 0.29) is 0 Å². The highest BCUT2D eigenvalue weighted by Gasteiger charge is 2.31. The molecule has 2 N–H and O–H groups in total. The quantitative estimate of drug-likeness (QED) is 0.740. The van der Waals surface area contributed by atoms with Gasteiger partial charge in [0.2, 0.25) is 0 Å². The monoisotopic (exact) mass is 297 g/mol. The molecule has 7 heteroatoms. The fourth-order valence-electron chi connectivity index (χ4n) is 2.12. The van der Waals surface area contributed by atoms with E-state index in [2.05, 4.69) is 4.98 Å². The van der Waals surface area contributed by atoms with E-state index in [9.17, 15) is 13.2 Å². The topological polar surface area (TPSA) is 43.8 Å². The largest absolute Gasteiger partial charge is 0.416 e. The number of nitrogens with two attached hydrogens (primary N) is 1. The summed E-state index contributed by atoms with van der Waals surface area (Å²) < 4.78 is 39.9.